The smallest absolute Gasteiger partial charge is 0.339 e. The number of rotatable bonds is 6. The van der Waals surface area contributed by atoms with Gasteiger partial charge >= 0.3 is 10.1 Å². The molecule has 0 aliphatic heterocycles. The Morgan fingerprint density at radius 1 is 0.759 bits per heavy atom. The highest BCUT2D eigenvalue weighted by atomic mass is 32.2. The van der Waals surface area contributed by atoms with Crippen LogP contribution >= 0.6 is 0 Å². The molecule has 3 aromatic rings. The Morgan fingerprint density at radius 2 is 1.28 bits per heavy atom. The van der Waals surface area contributed by atoms with Gasteiger partial charge in [-0.2, -0.15) is 18.9 Å². The second-order valence-electron chi connectivity index (χ2n) is 5.69. The predicted octanol–water partition coefficient (Wildman–Crippen LogP) is 4.00. The van der Waals surface area contributed by atoms with E-state index in [1.54, 1.807) is 18.2 Å². The summed E-state index contributed by atoms with van der Waals surface area (Å²) in [5.74, 6) is 1.11. The maximum Gasteiger partial charge on any atom is 0.339 e. The molecule has 0 N–H and O–H groups in total. The van der Waals surface area contributed by atoms with Gasteiger partial charge in [0.25, 0.3) is 0 Å². The molecule has 3 aromatic carbocycles. The van der Waals surface area contributed by atoms with Crippen molar-refractivity contribution < 1.29 is 22.1 Å². The number of nitriles is 2. The van der Waals surface area contributed by atoms with Crippen LogP contribution in [0.4, 0.5) is 0 Å². The third-order valence-corrected chi connectivity index (χ3v) is 5.12. The third-order valence-electron chi connectivity index (χ3n) is 3.85. The maximum atomic E-state index is 12.4. The topological polar surface area (TPSA) is 109 Å². The average molecular weight is 406 g/mol. The zero-order valence-electron chi connectivity index (χ0n) is 15.2. The van der Waals surface area contributed by atoms with Gasteiger partial charge in [0.15, 0.2) is 5.75 Å². The van der Waals surface area contributed by atoms with Crippen LogP contribution in [0.3, 0.4) is 0 Å². The summed E-state index contributed by atoms with van der Waals surface area (Å²) in [5.41, 5.74) is 0.396. The highest BCUT2D eigenvalue weighted by Gasteiger charge is 2.17. The lowest BCUT2D eigenvalue weighted by Crippen LogP contribution is -2.09. The van der Waals surface area contributed by atoms with Crippen LogP contribution in [-0.2, 0) is 10.1 Å². The van der Waals surface area contributed by atoms with Crippen molar-refractivity contribution in [2.45, 2.75) is 4.90 Å². The van der Waals surface area contributed by atoms with Gasteiger partial charge in [0.05, 0.1) is 18.2 Å². The molecule has 0 saturated carbocycles. The van der Waals surface area contributed by atoms with Crippen molar-refractivity contribution in [3.63, 3.8) is 0 Å². The van der Waals surface area contributed by atoms with Crippen molar-refractivity contribution in [1.82, 2.24) is 0 Å². The SMILES string of the molecule is COc1ccc(OS(=O)(=O)c2ccc(Oc3c(C#N)cccc3C#N)cc2)cc1. The van der Waals surface area contributed by atoms with Crippen molar-refractivity contribution in [1.29, 1.82) is 10.5 Å². The number of methoxy groups -OCH3 is 1. The molecule has 0 spiro atoms. The van der Waals surface area contributed by atoms with Crippen molar-refractivity contribution >= 4 is 10.1 Å². The first-order chi connectivity index (χ1) is 14.0. The minimum absolute atomic E-state index is 0.0743. The predicted molar refractivity (Wildman–Crippen MR) is 103 cm³/mol. The fourth-order valence-corrected chi connectivity index (χ4v) is 3.35. The Labute approximate surface area is 168 Å². The normalized spacial score (nSPS) is 10.4. The molecule has 29 heavy (non-hydrogen) atoms. The highest BCUT2D eigenvalue weighted by Crippen LogP contribution is 2.30. The van der Waals surface area contributed by atoms with E-state index in [4.69, 9.17) is 13.7 Å². The molecule has 144 valence electrons. The van der Waals surface area contributed by atoms with Gasteiger partial charge in [-0.25, -0.2) is 0 Å². The van der Waals surface area contributed by atoms with E-state index < -0.39 is 10.1 Å². The van der Waals surface area contributed by atoms with Crippen LogP contribution in [0.5, 0.6) is 23.0 Å². The molecule has 0 aliphatic carbocycles. The average Bonchev–Trinajstić information content (AvgIpc) is 2.74. The largest absolute Gasteiger partial charge is 0.497 e. The molecule has 0 bridgehead atoms. The minimum Gasteiger partial charge on any atom is -0.497 e. The van der Waals surface area contributed by atoms with Crippen LogP contribution in [0.15, 0.2) is 71.6 Å². The van der Waals surface area contributed by atoms with E-state index in [2.05, 4.69) is 0 Å². The Balaban J connectivity index is 1.81. The monoisotopic (exact) mass is 406 g/mol. The zero-order valence-corrected chi connectivity index (χ0v) is 16.0. The Bertz CT molecular complexity index is 1170. The lowest BCUT2D eigenvalue weighted by Gasteiger charge is -2.10. The van der Waals surface area contributed by atoms with Crippen LogP contribution in [0.2, 0.25) is 0 Å². The maximum absolute atomic E-state index is 12.4. The fraction of sp³-hybridized carbons (Fsp3) is 0.0476. The van der Waals surface area contributed by atoms with Crippen molar-refractivity contribution in [2.24, 2.45) is 0 Å². The summed E-state index contributed by atoms with van der Waals surface area (Å²) in [6, 6.07) is 20.1. The molecular formula is C21H14N2O5S. The summed E-state index contributed by atoms with van der Waals surface area (Å²) in [6.45, 7) is 0. The summed E-state index contributed by atoms with van der Waals surface area (Å²) >= 11 is 0. The van der Waals surface area contributed by atoms with Crippen LogP contribution in [-0.4, -0.2) is 15.5 Å². The van der Waals surface area contributed by atoms with Crippen molar-refractivity contribution in [2.75, 3.05) is 7.11 Å². The Kier molecular flexibility index (Phi) is 5.68. The number of hydrogen-bond acceptors (Lipinski definition) is 7. The molecule has 0 saturated heterocycles. The third kappa shape index (κ3) is 4.46. The van der Waals surface area contributed by atoms with E-state index in [1.807, 2.05) is 12.1 Å². The summed E-state index contributed by atoms with van der Waals surface area (Å²) < 4.78 is 40.7. The minimum atomic E-state index is -4.05. The van der Waals surface area contributed by atoms with E-state index in [9.17, 15) is 18.9 Å². The number of hydrogen-bond donors (Lipinski definition) is 0. The molecule has 0 unspecified atom stereocenters. The fourth-order valence-electron chi connectivity index (χ4n) is 2.42. The van der Waals surface area contributed by atoms with Crippen LogP contribution in [0, 0.1) is 22.7 Å². The van der Waals surface area contributed by atoms with Gasteiger partial charge in [0.2, 0.25) is 0 Å². The van der Waals surface area contributed by atoms with Crippen molar-refractivity contribution in [3.8, 4) is 35.1 Å². The number of benzene rings is 3. The number of para-hydroxylation sites is 1. The summed E-state index contributed by atoms with van der Waals surface area (Å²) in [7, 11) is -2.54. The zero-order chi connectivity index (χ0) is 20.9. The van der Waals surface area contributed by atoms with E-state index in [1.165, 1.54) is 55.6 Å². The van der Waals surface area contributed by atoms with Gasteiger partial charge in [-0.05, 0) is 60.7 Å². The first-order valence-electron chi connectivity index (χ1n) is 8.26. The molecule has 8 heteroatoms. The van der Waals surface area contributed by atoms with Gasteiger partial charge in [0.1, 0.15) is 34.3 Å². The number of ether oxygens (including phenoxy) is 2. The van der Waals surface area contributed by atoms with Crippen molar-refractivity contribution in [3.05, 3.63) is 77.9 Å². The Hall–Kier alpha value is -4.01. The van der Waals surface area contributed by atoms with Gasteiger partial charge < -0.3 is 13.7 Å². The van der Waals surface area contributed by atoms with Gasteiger partial charge in [-0.3, -0.25) is 0 Å². The van der Waals surface area contributed by atoms with E-state index >= 15 is 0 Å². The molecule has 0 atom stereocenters. The van der Waals surface area contributed by atoms with Gasteiger partial charge in [0, 0.05) is 0 Å². The molecule has 0 aliphatic rings. The summed E-state index contributed by atoms with van der Waals surface area (Å²) in [6.07, 6.45) is 0. The van der Waals surface area contributed by atoms with Crippen LogP contribution < -0.4 is 13.7 Å². The van der Waals surface area contributed by atoms with E-state index in [-0.39, 0.29) is 33.3 Å². The standard InChI is InChI=1S/C21H14N2O5S/c1-26-17-5-7-19(8-6-17)28-29(24,25)20-11-9-18(10-12-20)27-21-15(13-22)3-2-4-16(21)14-23/h2-12H,1H3. The molecule has 0 aromatic heterocycles. The first kappa shape index (κ1) is 19.7. The van der Waals surface area contributed by atoms with Gasteiger partial charge in [-0.15, -0.1) is 0 Å². The molecule has 3 rings (SSSR count). The molecule has 0 fully saturated rings. The molecular weight excluding hydrogens is 392 g/mol. The number of nitrogens with zero attached hydrogens (tertiary/aromatic N) is 2. The lowest BCUT2D eigenvalue weighted by atomic mass is 10.1. The second-order valence-corrected chi connectivity index (χ2v) is 7.24. The second kappa shape index (κ2) is 8.34. The summed E-state index contributed by atoms with van der Waals surface area (Å²) in [4.78, 5) is -0.0743. The molecule has 0 amide bonds. The summed E-state index contributed by atoms with van der Waals surface area (Å²) in [5, 5.41) is 18.4. The molecule has 7 nitrogen and oxygen atoms in total. The van der Waals surface area contributed by atoms with E-state index in [0.717, 1.165) is 0 Å². The van der Waals surface area contributed by atoms with Crippen LogP contribution in [0.25, 0.3) is 0 Å². The highest BCUT2D eigenvalue weighted by molar-refractivity contribution is 7.87. The Morgan fingerprint density at radius 3 is 1.79 bits per heavy atom. The lowest BCUT2D eigenvalue weighted by molar-refractivity contribution is 0.413. The van der Waals surface area contributed by atoms with Crippen LogP contribution in [0.1, 0.15) is 11.1 Å². The van der Waals surface area contributed by atoms with E-state index in [0.29, 0.717) is 5.75 Å². The molecule has 0 heterocycles. The first-order valence-corrected chi connectivity index (χ1v) is 9.67. The molecule has 0 radical (unpaired) electrons. The quantitative estimate of drug-likeness (QED) is 0.569. The van der Waals surface area contributed by atoms with Gasteiger partial charge in [-0.1, -0.05) is 6.07 Å².